The van der Waals surface area contributed by atoms with Gasteiger partial charge in [0.15, 0.2) is 0 Å². The minimum atomic E-state index is -1.68. The molecule has 0 fully saturated rings. The highest BCUT2D eigenvalue weighted by Gasteiger charge is 2.41. The van der Waals surface area contributed by atoms with Gasteiger partial charge in [0.25, 0.3) is 0 Å². The Kier molecular flexibility index (Phi) is 4.37. The largest absolute Gasteiger partial charge is 0.305 e. The quantitative estimate of drug-likeness (QED) is 0.631. The van der Waals surface area contributed by atoms with E-state index in [4.69, 9.17) is 0 Å². The average molecular weight is 200 g/mol. The van der Waals surface area contributed by atoms with Gasteiger partial charge in [-0.3, -0.25) is 0 Å². The van der Waals surface area contributed by atoms with Crippen LogP contribution in [0.3, 0.4) is 0 Å². The summed E-state index contributed by atoms with van der Waals surface area (Å²) in [6.07, 6.45) is 2.98. The van der Waals surface area contributed by atoms with Gasteiger partial charge in [0.2, 0.25) is 0 Å². The molecule has 0 aliphatic carbocycles. The van der Waals surface area contributed by atoms with Crippen molar-refractivity contribution in [3.05, 3.63) is 0 Å². The van der Waals surface area contributed by atoms with Crippen LogP contribution in [-0.2, 0) is 4.79 Å². The number of hydrogen-bond donors (Lipinski definition) is 0. The summed E-state index contributed by atoms with van der Waals surface area (Å²) in [7, 11) is -1.68. The van der Waals surface area contributed by atoms with Gasteiger partial charge in [-0.1, -0.05) is 47.2 Å². The lowest BCUT2D eigenvalue weighted by Crippen LogP contribution is -2.46. The monoisotopic (exact) mass is 200 g/mol. The molecule has 0 aliphatic rings. The van der Waals surface area contributed by atoms with Crippen LogP contribution in [0.5, 0.6) is 0 Å². The van der Waals surface area contributed by atoms with E-state index in [0.29, 0.717) is 5.41 Å². The molecule has 0 atom stereocenters. The highest BCUT2D eigenvalue weighted by molar-refractivity contribution is 7.06. The van der Waals surface area contributed by atoms with Crippen LogP contribution in [0.25, 0.3) is 0 Å². The Morgan fingerprint density at radius 3 is 2.00 bits per heavy atom. The maximum absolute atomic E-state index is 11.9. The van der Waals surface area contributed by atoms with Crippen LogP contribution in [0, 0.1) is 0 Å². The molecule has 0 N–H and O–H groups in total. The smallest absolute Gasteiger partial charge is 0.132 e. The normalized spacial score (nSPS) is 13.1. The van der Waals surface area contributed by atoms with Crippen LogP contribution in [0.15, 0.2) is 0 Å². The first-order valence-corrected chi connectivity index (χ1v) is 8.26. The van der Waals surface area contributed by atoms with Crippen molar-refractivity contribution in [3.63, 3.8) is 0 Å². The maximum atomic E-state index is 11.9. The van der Waals surface area contributed by atoms with E-state index in [1.807, 2.05) is 0 Å². The van der Waals surface area contributed by atoms with Crippen molar-refractivity contribution < 1.29 is 4.79 Å². The third kappa shape index (κ3) is 3.26. The zero-order valence-electron chi connectivity index (χ0n) is 10.0. The van der Waals surface area contributed by atoms with E-state index in [1.54, 1.807) is 0 Å². The second-order valence-corrected chi connectivity index (χ2v) is 10.7. The van der Waals surface area contributed by atoms with E-state index in [-0.39, 0.29) is 5.04 Å². The van der Waals surface area contributed by atoms with Gasteiger partial charge in [0.05, 0.1) is 0 Å². The Hall–Kier alpha value is -0.113. The topological polar surface area (TPSA) is 17.1 Å². The molecule has 0 radical (unpaired) electrons. The SMILES string of the molecule is CCCCC(=O)[Si](C)(C)C(C)(C)C. The fraction of sp³-hybridized carbons (Fsp3) is 0.909. The lowest BCUT2D eigenvalue weighted by molar-refractivity contribution is -0.113. The molecule has 1 nitrogen and oxygen atoms in total. The lowest BCUT2D eigenvalue weighted by atomic mass is 10.2. The summed E-state index contributed by atoms with van der Waals surface area (Å²) >= 11 is 0. The van der Waals surface area contributed by atoms with E-state index < -0.39 is 8.07 Å². The Balaban J connectivity index is 4.37. The van der Waals surface area contributed by atoms with Gasteiger partial charge in [-0.15, -0.1) is 0 Å². The zero-order valence-corrected chi connectivity index (χ0v) is 11.0. The molecule has 0 saturated carbocycles. The van der Waals surface area contributed by atoms with E-state index in [2.05, 4.69) is 40.8 Å². The predicted molar refractivity (Wildman–Crippen MR) is 61.7 cm³/mol. The number of carbonyl (C=O) groups excluding carboxylic acids is 1. The van der Waals surface area contributed by atoms with Gasteiger partial charge in [-0.05, 0) is 11.5 Å². The molecule has 0 bridgehead atoms. The first kappa shape index (κ1) is 12.9. The van der Waals surface area contributed by atoms with Gasteiger partial charge in [-0.2, -0.15) is 0 Å². The van der Waals surface area contributed by atoms with Crippen LogP contribution in [-0.4, -0.2) is 13.5 Å². The van der Waals surface area contributed by atoms with Crippen molar-refractivity contribution in [1.82, 2.24) is 0 Å². The van der Waals surface area contributed by atoms with Crippen molar-refractivity contribution in [2.75, 3.05) is 0 Å². The molecule has 0 heterocycles. The summed E-state index contributed by atoms with van der Waals surface area (Å²) in [5.41, 5.74) is 0. The highest BCUT2D eigenvalue weighted by atomic mass is 28.3. The fourth-order valence-electron chi connectivity index (χ4n) is 1.07. The molecule has 0 aromatic carbocycles. The Morgan fingerprint density at radius 1 is 1.23 bits per heavy atom. The van der Waals surface area contributed by atoms with Gasteiger partial charge < -0.3 is 4.79 Å². The Labute approximate surface area is 83.9 Å². The summed E-state index contributed by atoms with van der Waals surface area (Å²) in [4.78, 5) is 11.9. The third-order valence-electron chi connectivity index (χ3n) is 3.33. The molecular weight excluding hydrogens is 176 g/mol. The van der Waals surface area contributed by atoms with Crippen LogP contribution >= 0.6 is 0 Å². The van der Waals surface area contributed by atoms with Crippen molar-refractivity contribution in [2.45, 2.75) is 65.1 Å². The first-order valence-electron chi connectivity index (χ1n) is 5.26. The lowest BCUT2D eigenvalue weighted by Gasteiger charge is -2.35. The number of carbonyl (C=O) groups is 1. The van der Waals surface area contributed by atoms with E-state index in [1.165, 1.54) is 0 Å². The van der Waals surface area contributed by atoms with Gasteiger partial charge in [-0.25, -0.2) is 0 Å². The van der Waals surface area contributed by atoms with Crippen molar-refractivity contribution in [1.29, 1.82) is 0 Å². The van der Waals surface area contributed by atoms with Gasteiger partial charge >= 0.3 is 0 Å². The van der Waals surface area contributed by atoms with Gasteiger partial charge in [0.1, 0.15) is 13.5 Å². The minimum Gasteiger partial charge on any atom is -0.305 e. The molecule has 0 aliphatic heterocycles. The van der Waals surface area contributed by atoms with E-state index in [9.17, 15) is 4.79 Å². The summed E-state index contributed by atoms with van der Waals surface area (Å²) in [6, 6.07) is 0. The highest BCUT2D eigenvalue weighted by Crippen LogP contribution is 2.37. The van der Waals surface area contributed by atoms with Crippen molar-refractivity contribution >= 4 is 13.5 Å². The predicted octanol–water partition coefficient (Wildman–Crippen LogP) is 3.79. The second kappa shape index (κ2) is 4.40. The van der Waals surface area contributed by atoms with E-state index >= 15 is 0 Å². The third-order valence-corrected chi connectivity index (χ3v) is 8.72. The molecule has 0 rings (SSSR count). The molecule has 0 aromatic heterocycles. The van der Waals surface area contributed by atoms with Crippen LogP contribution in [0.4, 0.5) is 0 Å². The molecule has 2 heteroatoms. The molecule has 0 saturated heterocycles. The minimum absolute atomic E-state index is 0.206. The summed E-state index contributed by atoms with van der Waals surface area (Å²) < 4.78 is 0. The Bertz CT molecular complexity index is 177. The number of unbranched alkanes of at least 4 members (excludes halogenated alkanes) is 1. The standard InChI is InChI=1S/C11H24OSi/c1-7-8-9-10(12)13(5,6)11(2,3)4/h7-9H2,1-6H3. The van der Waals surface area contributed by atoms with Gasteiger partial charge in [0, 0.05) is 6.42 Å². The second-order valence-electron chi connectivity index (χ2n) is 5.40. The molecule has 0 aromatic rings. The molecule has 13 heavy (non-hydrogen) atoms. The molecule has 0 amide bonds. The fourth-order valence-corrected chi connectivity index (χ4v) is 2.71. The summed E-state index contributed by atoms with van der Waals surface area (Å²) in [5.74, 6) is 0. The zero-order chi connectivity index (χ0) is 10.7. The average Bonchev–Trinajstić information content (AvgIpc) is 1.97. The molecule has 0 unspecified atom stereocenters. The molecule has 0 spiro atoms. The summed E-state index contributed by atoms with van der Waals surface area (Å²) in [5, 5.41) is 0.750. The Morgan fingerprint density at radius 2 is 1.69 bits per heavy atom. The molecule has 78 valence electrons. The first-order chi connectivity index (χ1) is 5.73. The van der Waals surface area contributed by atoms with Crippen molar-refractivity contribution in [3.8, 4) is 0 Å². The van der Waals surface area contributed by atoms with Crippen molar-refractivity contribution in [2.24, 2.45) is 0 Å². The summed E-state index contributed by atoms with van der Waals surface area (Å²) in [6.45, 7) is 13.1. The number of hydrogen-bond acceptors (Lipinski definition) is 1. The van der Waals surface area contributed by atoms with Crippen LogP contribution in [0.2, 0.25) is 18.1 Å². The maximum Gasteiger partial charge on any atom is 0.132 e. The van der Waals surface area contributed by atoms with Crippen LogP contribution in [0.1, 0.15) is 47.0 Å². The van der Waals surface area contributed by atoms with Crippen LogP contribution < -0.4 is 0 Å². The molecular formula is C11H24OSi. The number of rotatable bonds is 4. The van der Waals surface area contributed by atoms with E-state index in [0.717, 1.165) is 19.3 Å².